The number of para-hydroxylation sites is 1. The number of rotatable bonds is 4. The second-order valence-corrected chi connectivity index (χ2v) is 7.83. The third kappa shape index (κ3) is 3.81. The largest absolute Gasteiger partial charge is 0.484 e. The Morgan fingerprint density at radius 3 is 2.71 bits per heavy atom. The Morgan fingerprint density at radius 2 is 1.93 bits per heavy atom. The lowest BCUT2D eigenvalue weighted by Crippen LogP contribution is -2.49. The smallest absolute Gasteiger partial charge is 0.260 e. The molecule has 2 aliphatic rings. The molecule has 1 atom stereocenters. The first-order valence-corrected chi connectivity index (χ1v) is 10.2. The predicted molar refractivity (Wildman–Crippen MR) is 108 cm³/mol. The molecule has 28 heavy (non-hydrogen) atoms. The van der Waals surface area contributed by atoms with Gasteiger partial charge in [0.1, 0.15) is 11.6 Å². The van der Waals surface area contributed by atoms with Crippen molar-refractivity contribution in [3.05, 3.63) is 48.4 Å². The molecule has 1 aromatic heterocycles. The molecule has 0 radical (unpaired) electrons. The van der Waals surface area contributed by atoms with Crippen molar-refractivity contribution in [2.75, 3.05) is 31.1 Å². The second-order valence-electron chi connectivity index (χ2n) is 7.83. The Morgan fingerprint density at radius 1 is 1.11 bits per heavy atom. The van der Waals surface area contributed by atoms with Gasteiger partial charge < -0.3 is 14.5 Å². The van der Waals surface area contributed by atoms with Crippen LogP contribution in [0.5, 0.6) is 5.75 Å². The number of nitrogens with zero attached hydrogens (tertiary/aromatic N) is 4. The Hall–Kier alpha value is -2.63. The van der Waals surface area contributed by atoms with E-state index in [9.17, 15) is 4.79 Å². The van der Waals surface area contributed by atoms with Crippen LogP contribution in [0.2, 0.25) is 0 Å². The van der Waals surface area contributed by atoms with Gasteiger partial charge in [-0.3, -0.25) is 9.78 Å². The van der Waals surface area contributed by atoms with Crippen LogP contribution >= 0.6 is 0 Å². The molecule has 1 amide bonds. The molecule has 0 bridgehead atoms. The molecule has 6 heteroatoms. The van der Waals surface area contributed by atoms with Crippen LogP contribution in [0, 0.1) is 6.92 Å². The highest BCUT2D eigenvalue weighted by Gasteiger charge is 2.44. The van der Waals surface area contributed by atoms with E-state index in [0.717, 1.165) is 68.9 Å². The number of aromatic nitrogens is 2. The molecule has 0 unspecified atom stereocenters. The molecule has 1 aromatic carbocycles. The second kappa shape index (κ2) is 8.17. The Labute approximate surface area is 166 Å². The molecule has 2 fully saturated rings. The van der Waals surface area contributed by atoms with E-state index in [1.54, 1.807) is 12.4 Å². The zero-order chi connectivity index (χ0) is 19.4. The lowest BCUT2D eigenvalue weighted by Gasteiger charge is -2.38. The van der Waals surface area contributed by atoms with E-state index in [1.165, 1.54) is 0 Å². The summed E-state index contributed by atoms with van der Waals surface area (Å²) >= 11 is 0. The van der Waals surface area contributed by atoms with Crippen LogP contribution in [-0.4, -0.2) is 52.6 Å². The molecule has 2 aliphatic heterocycles. The van der Waals surface area contributed by atoms with Crippen LogP contribution < -0.4 is 9.64 Å². The van der Waals surface area contributed by atoms with Crippen LogP contribution in [-0.2, 0) is 4.79 Å². The van der Waals surface area contributed by atoms with Crippen molar-refractivity contribution in [2.24, 2.45) is 0 Å². The lowest BCUT2D eigenvalue weighted by atomic mass is 9.87. The lowest BCUT2D eigenvalue weighted by molar-refractivity contribution is -0.138. The maximum absolute atomic E-state index is 13.0. The quantitative estimate of drug-likeness (QED) is 0.815. The zero-order valence-corrected chi connectivity index (χ0v) is 16.5. The highest BCUT2D eigenvalue weighted by molar-refractivity contribution is 5.79. The van der Waals surface area contributed by atoms with Crippen molar-refractivity contribution in [2.45, 2.75) is 44.6 Å². The minimum Gasteiger partial charge on any atom is -0.484 e. The first-order valence-electron chi connectivity index (χ1n) is 10.2. The Kier molecular flexibility index (Phi) is 5.46. The molecule has 2 aromatic rings. The molecular weight excluding hydrogens is 352 g/mol. The van der Waals surface area contributed by atoms with E-state index in [-0.39, 0.29) is 18.1 Å². The molecule has 148 valence electrons. The van der Waals surface area contributed by atoms with E-state index in [1.807, 2.05) is 37.4 Å². The fourth-order valence-corrected chi connectivity index (χ4v) is 4.65. The molecule has 2 saturated heterocycles. The summed E-state index contributed by atoms with van der Waals surface area (Å²) in [6.07, 6.45) is 10.5. The Bertz CT molecular complexity index is 813. The van der Waals surface area contributed by atoms with E-state index >= 15 is 0 Å². The van der Waals surface area contributed by atoms with Crippen LogP contribution in [0.4, 0.5) is 5.82 Å². The van der Waals surface area contributed by atoms with Crippen molar-refractivity contribution >= 4 is 11.7 Å². The molecule has 6 nitrogen and oxygen atoms in total. The van der Waals surface area contributed by atoms with Gasteiger partial charge in [0.05, 0.1) is 6.20 Å². The monoisotopic (exact) mass is 380 g/mol. The van der Waals surface area contributed by atoms with Crippen molar-refractivity contribution in [3.63, 3.8) is 0 Å². The topological polar surface area (TPSA) is 58.6 Å². The number of carbonyl (C=O) groups excluding carboxylic acids is 1. The Balaban J connectivity index is 1.42. The summed E-state index contributed by atoms with van der Waals surface area (Å²) in [5, 5.41) is 0. The average molecular weight is 380 g/mol. The van der Waals surface area contributed by atoms with Gasteiger partial charge in [-0.05, 0) is 50.7 Å². The van der Waals surface area contributed by atoms with Crippen molar-refractivity contribution in [3.8, 4) is 5.75 Å². The molecular formula is C22H28N4O2. The summed E-state index contributed by atoms with van der Waals surface area (Å²) in [5.74, 6) is 1.82. The van der Waals surface area contributed by atoms with Crippen LogP contribution in [0.15, 0.2) is 42.9 Å². The van der Waals surface area contributed by atoms with Gasteiger partial charge in [-0.2, -0.15) is 0 Å². The maximum Gasteiger partial charge on any atom is 0.260 e. The number of anilines is 1. The number of amides is 1. The number of ether oxygens (including phenoxy) is 1. The van der Waals surface area contributed by atoms with Crippen LogP contribution in [0.1, 0.15) is 37.7 Å². The van der Waals surface area contributed by atoms with Gasteiger partial charge >= 0.3 is 0 Å². The number of aryl methyl sites for hydroxylation is 1. The van der Waals surface area contributed by atoms with Gasteiger partial charge in [0.25, 0.3) is 5.91 Å². The standard InChI is InChI=1S/C22H28N4O2/c1-18-6-2-3-7-19(18)28-17-21(27)26-14-5-9-22(26)8-4-13-25(15-10-22)20-16-23-11-12-24-20/h2-3,6-7,11-12,16H,4-5,8-10,13-15,17H2,1H3/t22-/m0/s1. The molecule has 0 aliphatic carbocycles. The molecule has 4 rings (SSSR count). The SMILES string of the molecule is Cc1ccccc1OCC(=O)N1CCC[C@]12CCCN(c1cnccn1)CC2. The zero-order valence-electron chi connectivity index (χ0n) is 16.5. The van der Waals surface area contributed by atoms with Gasteiger partial charge in [0, 0.05) is 37.6 Å². The van der Waals surface area contributed by atoms with Gasteiger partial charge in [-0.25, -0.2) is 4.98 Å². The fraction of sp³-hybridized carbons (Fsp3) is 0.500. The maximum atomic E-state index is 13.0. The predicted octanol–water partition coefficient (Wildman–Crippen LogP) is 3.22. The van der Waals surface area contributed by atoms with Gasteiger partial charge in [-0.15, -0.1) is 0 Å². The van der Waals surface area contributed by atoms with Crippen molar-refractivity contribution in [1.29, 1.82) is 0 Å². The van der Waals surface area contributed by atoms with Gasteiger partial charge in [-0.1, -0.05) is 18.2 Å². The summed E-state index contributed by atoms with van der Waals surface area (Å²) in [6, 6.07) is 7.85. The third-order valence-electron chi connectivity index (χ3n) is 6.13. The van der Waals surface area contributed by atoms with Crippen molar-refractivity contribution < 1.29 is 9.53 Å². The minimum absolute atomic E-state index is 0.0386. The van der Waals surface area contributed by atoms with Gasteiger partial charge in [0.2, 0.25) is 0 Å². The summed E-state index contributed by atoms with van der Waals surface area (Å²) in [6.45, 7) is 4.81. The number of likely N-dealkylation sites (tertiary alicyclic amines) is 1. The molecule has 0 N–H and O–H groups in total. The number of hydrogen-bond acceptors (Lipinski definition) is 5. The number of benzene rings is 1. The fourth-order valence-electron chi connectivity index (χ4n) is 4.65. The van der Waals surface area contributed by atoms with Crippen molar-refractivity contribution in [1.82, 2.24) is 14.9 Å². The van der Waals surface area contributed by atoms with E-state index in [0.29, 0.717) is 0 Å². The van der Waals surface area contributed by atoms with E-state index < -0.39 is 0 Å². The molecule has 3 heterocycles. The molecule has 0 saturated carbocycles. The summed E-state index contributed by atoms with van der Waals surface area (Å²) in [7, 11) is 0. The number of hydrogen-bond donors (Lipinski definition) is 0. The summed E-state index contributed by atoms with van der Waals surface area (Å²) in [5.41, 5.74) is 1.02. The van der Waals surface area contributed by atoms with Crippen LogP contribution in [0.3, 0.4) is 0 Å². The van der Waals surface area contributed by atoms with E-state index in [2.05, 4.69) is 19.8 Å². The summed E-state index contributed by atoms with van der Waals surface area (Å²) in [4.78, 5) is 26.1. The highest BCUT2D eigenvalue weighted by Crippen LogP contribution is 2.39. The minimum atomic E-state index is -0.0386. The van der Waals surface area contributed by atoms with Gasteiger partial charge in [0.15, 0.2) is 6.61 Å². The molecule has 1 spiro atoms. The average Bonchev–Trinajstić information content (AvgIpc) is 3.01. The first kappa shape index (κ1) is 18.7. The summed E-state index contributed by atoms with van der Waals surface area (Å²) < 4.78 is 5.85. The van der Waals surface area contributed by atoms with E-state index in [4.69, 9.17) is 4.74 Å². The first-order chi connectivity index (χ1) is 13.7. The highest BCUT2D eigenvalue weighted by atomic mass is 16.5. The normalized spacial score (nSPS) is 22.3. The third-order valence-corrected chi connectivity index (χ3v) is 6.13. The number of carbonyl (C=O) groups is 1. The van der Waals surface area contributed by atoms with Crippen LogP contribution in [0.25, 0.3) is 0 Å².